The summed E-state index contributed by atoms with van der Waals surface area (Å²) in [6, 6.07) is 9.66. The van der Waals surface area contributed by atoms with Gasteiger partial charge in [0, 0.05) is 13.1 Å². The zero-order valence-corrected chi connectivity index (χ0v) is 11.3. The molecule has 1 aromatic carbocycles. The molecule has 3 rings (SSSR count). The predicted molar refractivity (Wildman–Crippen MR) is 71.8 cm³/mol. The van der Waals surface area contributed by atoms with Crippen LogP contribution >= 0.6 is 0 Å². The Kier molecular flexibility index (Phi) is 3.37. The van der Waals surface area contributed by atoms with Crippen molar-refractivity contribution < 1.29 is 9.53 Å². The van der Waals surface area contributed by atoms with Crippen LogP contribution in [0.15, 0.2) is 30.3 Å². The molecule has 1 aliphatic heterocycles. The topological polar surface area (TPSA) is 60.2 Å². The van der Waals surface area contributed by atoms with Gasteiger partial charge in [0.1, 0.15) is 12.4 Å². The summed E-state index contributed by atoms with van der Waals surface area (Å²) in [4.78, 5) is 13.7. The molecule has 0 atom stereocenters. The van der Waals surface area contributed by atoms with Gasteiger partial charge in [0.2, 0.25) is 0 Å². The molecule has 2 heterocycles. The minimum atomic E-state index is -0.305. The first-order valence-electron chi connectivity index (χ1n) is 6.58. The number of carbonyl (C=O) groups excluding carboxylic acids is 1. The molecule has 1 aliphatic rings. The first kappa shape index (κ1) is 12.7. The number of aromatic nitrogens is 3. The Morgan fingerprint density at radius 1 is 1.25 bits per heavy atom. The molecule has 1 aromatic heterocycles. The van der Waals surface area contributed by atoms with Gasteiger partial charge >= 0.3 is 6.09 Å². The van der Waals surface area contributed by atoms with E-state index in [1.165, 1.54) is 0 Å². The van der Waals surface area contributed by atoms with Crippen LogP contribution in [0.2, 0.25) is 0 Å². The smallest absolute Gasteiger partial charge is 0.410 e. The lowest BCUT2D eigenvalue weighted by Crippen LogP contribution is -2.38. The van der Waals surface area contributed by atoms with E-state index in [2.05, 4.69) is 10.2 Å². The third kappa shape index (κ3) is 2.49. The fraction of sp³-hybridized carbons (Fsp3) is 0.357. The number of carbonyl (C=O) groups is 1. The quantitative estimate of drug-likeness (QED) is 0.835. The van der Waals surface area contributed by atoms with Crippen molar-refractivity contribution in [3.63, 3.8) is 0 Å². The van der Waals surface area contributed by atoms with Crippen LogP contribution in [0.3, 0.4) is 0 Å². The van der Waals surface area contributed by atoms with Crippen molar-refractivity contribution in [2.45, 2.75) is 26.6 Å². The van der Waals surface area contributed by atoms with Crippen LogP contribution in [0.25, 0.3) is 0 Å². The lowest BCUT2D eigenvalue weighted by molar-refractivity contribution is 0.0860. The predicted octanol–water partition coefficient (Wildman–Crippen LogP) is 1.74. The molecule has 104 valence electrons. The summed E-state index contributed by atoms with van der Waals surface area (Å²) in [6.07, 6.45) is -0.305. The van der Waals surface area contributed by atoms with Crippen molar-refractivity contribution in [1.29, 1.82) is 0 Å². The zero-order chi connectivity index (χ0) is 13.9. The van der Waals surface area contributed by atoms with Gasteiger partial charge in [0.25, 0.3) is 0 Å². The SMILES string of the molecule is Cc1nnc2n1CCN(C(=O)OCc1ccccc1)C2. The Labute approximate surface area is 117 Å². The third-order valence-electron chi connectivity index (χ3n) is 3.40. The van der Waals surface area contributed by atoms with Crippen LogP contribution in [0.5, 0.6) is 0 Å². The number of amides is 1. The van der Waals surface area contributed by atoms with E-state index in [4.69, 9.17) is 4.74 Å². The van der Waals surface area contributed by atoms with Gasteiger partial charge in [-0.1, -0.05) is 30.3 Å². The van der Waals surface area contributed by atoms with Gasteiger partial charge in [-0.25, -0.2) is 4.79 Å². The molecule has 6 nitrogen and oxygen atoms in total. The minimum absolute atomic E-state index is 0.294. The van der Waals surface area contributed by atoms with E-state index >= 15 is 0 Å². The summed E-state index contributed by atoms with van der Waals surface area (Å²) in [6.45, 7) is 4.00. The average Bonchev–Trinajstić information content (AvgIpc) is 2.87. The largest absolute Gasteiger partial charge is 0.445 e. The Morgan fingerprint density at radius 3 is 2.85 bits per heavy atom. The fourth-order valence-corrected chi connectivity index (χ4v) is 2.27. The average molecular weight is 272 g/mol. The second kappa shape index (κ2) is 5.32. The van der Waals surface area contributed by atoms with Crippen molar-refractivity contribution >= 4 is 6.09 Å². The maximum atomic E-state index is 12.0. The zero-order valence-electron chi connectivity index (χ0n) is 11.3. The molecule has 6 heteroatoms. The van der Waals surface area contributed by atoms with Crippen molar-refractivity contribution in [2.75, 3.05) is 6.54 Å². The summed E-state index contributed by atoms with van der Waals surface area (Å²) < 4.78 is 7.35. The number of fused-ring (bicyclic) bond motifs is 1. The van der Waals surface area contributed by atoms with Crippen LogP contribution in [0.4, 0.5) is 4.79 Å². The molecule has 0 N–H and O–H groups in total. The normalized spacial score (nSPS) is 13.9. The Bertz CT molecular complexity index is 609. The van der Waals surface area contributed by atoms with Gasteiger partial charge < -0.3 is 9.30 Å². The number of rotatable bonds is 2. The highest BCUT2D eigenvalue weighted by Gasteiger charge is 2.24. The Morgan fingerprint density at radius 2 is 2.05 bits per heavy atom. The summed E-state index contributed by atoms with van der Waals surface area (Å²) >= 11 is 0. The number of hydrogen-bond donors (Lipinski definition) is 0. The third-order valence-corrected chi connectivity index (χ3v) is 3.40. The second-order valence-corrected chi connectivity index (χ2v) is 4.78. The van der Waals surface area contributed by atoms with Crippen molar-refractivity contribution in [1.82, 2.24) is 19.7 Å². The molecule has 0 spiro atoms. The van der Waals surface area contributed by atoms with Gasteiger partial charge in [-0.05, 0) is 12.5 Å². The number of hydrogen-bond acceptors (Lipinski definition) is 4. The molecule has 20 heavy (non-hydrogen) atoms. The fourth-order valence-electron chi connectivity index (χ4n) is 2.27. The van der Waals surface area contributed by atoms with Gasteiger partial charge in [-0.3, -0.25) is 4.90 Å². The van der Waals surface area contributed by atoms with Crippen molar-refractivity contribution in [3.05, 3.63) is 47.5 Å². The molecule has 0 fully saturated rings. The van der Waals surface area contributed by atoms with Gasteiger partial charge in [-0.15, -0.1) is 10.2 Å². The molecular weight excluding hydrogens is 256 g/mol. The highest BCUT2D eigenvalue weighted by atomic mass is 16.6. The van der Waals surface area contributed by atoms with E-state index < -0.39 is 0 Å². The lowest BCUT2D eigenvalue weighted by atomic mass is 10.2. The number of nitrogens with zero attached hydrogens (tertiary/aromatic N) is 4. The van der Waals surface area contributed by atoms with Gasteiger partial charge in [0.15, 0.2) is 5.82 Å². The Balaban J connectivity index is 1.59. The molecule has 0 saturated heterocycles. The van der Waals surface area contributed by atoms with Crippen LogP contribution < -0.4 is 0 Å². The minimum Gasteiger partial charge on any atom is -0.445 e. The summed E-state index contributed by atoms with van der Waals surface area (Å²) in [5.74, 6) is 1.70. The summed E-state index contributed by atoms with van der Waals surface area (Å²) in [5.41, 5.74) is 0.983. The van der Waals surface area contributed by atoms with Crippen molar-refractivity contribution in [3.8, 4) is 0 Å². The molecule has 2 aromatic rings. The van der Waals surface area contributed by atoms with E-state index in [-0.39, 0.29) is 6.09 Å². The summed E-state index contributed by atoms with van der Waals surface area (Å²) in [5, 5.41) is 8.09. The molecule has 0 saturated carbocycles. The van der Waals surface area contributed by atoms with Crippen molar-refractivity contribution in [2.24, 2.45) is 0 Å². The lowest BCUT2D eigenvalue weighted by Gasteiger charge is -2.26. The highest BCUT2D eigenvalue weighted by Crippen LogP contribution is 2.13. The van der Waals surface area contributed by atoms with E-state index in [9.17, 15) is 4.79 Å². The first-order chi connectivity index (χ1) is 9.74. The van der Waals surface area contributed by atoms with E-state index in [0.29, 0.717) is 26.2 Å². The number of ether oxygens (including phenoxy) is 1. The number of aryl methyl sites for hydroxylation is 1. The summed E-state index contributed by atoms with van der Waals surface area (Å²) in [7, 11) is 0. The molecule has 1 amide bonds. The molecule has 0 radical (unpaired) electrons. The second-order valence-electron chi connectivity index (χ2n) is 4.78. The first-order valence-corrected chi connectivity index (χ1v) is 6.58. The van der Waals surface area contributed by atoms with E-state index in [1.807, 2.05) is 41.8 Å². The van der Waals surface area contributed by atoms with Crippen LogP contribution in [0, 0.1) is 6.92 Å². The van der Waals surface area contributed by atoms with E-state index in [1.54, 1.807) is 4.90 Å². The maximum Gasteiger partial charge on any atom is 0.410 e. The molecular formula is C14H16N4O2. The monoisotopic (exact) mass is 272 g/mol. The standard InChI is InChI=1S/C14H16N4O2/c1-11-15-16-13-9-17(7-8-18(11)13)14(19)20-10-12-5-3-2-4-6-12/h2-6H,7-10H2,1H3. The van der Waals surface area contributed by atoms with Gasteiger partial charge in [-0.2, -0.15) is 0 Å². The van der Waals surface area contributed by atoms with Crippen LogP contribution in [-0.4, -0.2) is 32.3 Å². The maximum absolute atomic E-state index is 12.0. The molecule has 0 bridgehead atoms. The van der Waals surface area contributed by atoms with Gasteiger partial charge in [0.05, 0.1) is 6.54 Å². The molecule has 0 aliphatic carbocycles. The number of benzene rings is 1. The molecule has 0 unspecified atom stereocenters. The highest BCUT2D eigenvalue weighted by molar-refractivity contribution is 5.67. The van der Waals surface area contributed by atoms with Crippen LogP contribution in [0.1, 0.15) is 17.2 Å². The van der Waals surface area contributed by atoms with Crippen LogP contribution in [-0.2, 0) is 24.4 Å². The van der Waals surface area contributed by atoms with E-state index in [0.717, 1.165) is 17.2 Å². The Hall–Kier alpha value is -2.37.